The molecule has 0 saturated heterocycles. The summed E-state index contributed by atoms with van der Waals surface area (Å²) in [7, 11) is -3.88. The van der Waals surface area contributed by atoms with E-state index < -0.39 is 21.7 Å². The molecule has 3 rings (SSSR count). The van der Waals surface area contributed by atoms with Crippen LogP contribution in [-0.4, -0.2) is 24.3 Å². The lowest BCUT2D eigenvalue weighted by Gasteiger charge is -2.04. The summed E-state index contributed by atoms with van der Waals surface area (Å²) in [5.41, 5.74) is 0.279. The molecular formula is C13H12ClN3O4S. The van der Waals surface area contributed by atoms with Crippen molar-refractivity contribution in [2.24, 2.45) is 0 Å². The Morgan fingerprint density at radius 1 is 1.32 bits per heavy atom. The molecule has 1 aliphatic carbocycles. The van der Waals surface area contributed by atoms with Gasteiger partial charge in [-0.25, -0.2) is 18.1 Å². The predicted molar refractivity (Wildman–Crippen MR) is 77.8 cm³/mol. The van der Waals surface area contributed by atoms with Gasteiger partial charge in [0.25, 0.3) is 0 Å². The minimum Gasteiger partial charge on any atom is -0.435 e. The molecule has 9 heteroatoms. The zero-order valence-electron chi connectivity index (χ0n) is 11.3. The molecule has 0 atom stereocenters. The van der Waals surface area contributed by atoms with Crippen molar-refractivity contribution in [3.8, 4) is 0 Å². The lowest BCUT2D eigenvalue weighted by atomic mass is 10.4. The first-order valence-corrected chi connectivity index (χ1v) is 8.57. The van der Waals surface area contributed by atoms with Crippen LogP contribution in [0.3, 0.4) is 0 Å². The molecule has 0 aliphatic heterocycles. The highest BCUT2D eigenvalue weighted by molar-refractivity contribution is 7.89. The third kappa shape index (κ3) is 3.63. The van der Waals surface area contributed by atoms with Gasteiger partial charge in [0.15, 0.2) is 5.89 Å². The Bertz CT molecular complexity index is 797. The normalized spacial score (nSPS) is 14.8. The number of rotatable bonds is 5. The lowest BCUT2D eigenvalue weighted by Crippen LogP contribution is -2.31. The van der Waals surface area contributed by atoms with E-state index in [-0.39, 0.29) is 17.4 Å². The summed E-state index contributed by atoms with van der Waals surface area (Å²) in [6, 6.07) is 3.01. The molecule has 7 nitrogen and oxygen atoms in total. The van der Waals surface area contributed by atoms with Gasteiger partial charge in [-0.2, -0.15) is 0 Å². The summed E-state index contributed by atoms with van der Waals surface area (Å²) in [4.78, 5) is 19.7. The number of halogens is 1. The smallest absolute Gasteiger partial charge is 0.302 e. The van der Waals surface area contributed by atoms with Gasteiger partial charge < -0.3 is 4.42 Å². The Kier molecular flexibility index (Phi) is 3.88. The van der Waals surface area contributed by atoms with Crippen molar-refractivity contribution < 1.29 is 17.6 Å². The Balaban J connectivity index is 1.67. The maximum Gasteiger partial charge on any atom is 0.302 e. The number of hydrogen-bond acceptors (Lipinski definition) is 6. The minimum atomic E-state index is -3.88. The molecule has 0 aromatic carbocycles. The quantitative estimate of drug-likeness (QED) is 0.890. The van der Waals surface area contributed by atoms with Gasteiger partial charge >= 0.3 is 5.91 Å². The Morgan fingerprint density at radius 2 is 2.09 bits per heavy atom. The average Bonchev–Trinajstić information content (AvgIpc) is 3.18. The molecule has 2 aromatic heterocycles. The molecule has 2 heterocycles. The summed E-state index contributed by atoms with van der Waals surface area (Å²) in [6.45, 7) is 0. The van der Waals surface area contributed by atoms with E-state index in [1.807, 2.05) is 4.72 Å². The number of nitrogens with one attached hydrogen (secondary N) is 1. The van der Waals surface area contributed by atoms with Crippen molar-refractivity contribution in [1.29, 1.82) is 0 Å². The molecule has 2 aromatic rings. The Morgan fingerprint density at radius 3 is 2.73 bits per heavy atom. The first-order chi connectivity index (χ1) is 10.4. The van der Waals surface area contributed by atoms with Crippen LogP contribution in [0.4, 0.5) is 0 Å². The second-order valence-corrected chi connectivity index (χ2v) is 7.15. The second kappa shape index (κ2) is 5.69. The van der Waals surface area contributed by atoms with Gasteiger partial charge in [-0.1, -0.05) is 11.6 Å². The molecule has 1 amide bonds. The van der Waals surface area contributed by atoms with Gasteiger partial charge in [0, 0.05) is 12.1 Å². The number of hydrogen-bond donors (Lipinski definition) is 1. The van der Waals surface area contributed by atoms with Crippen molar-refractivity contribution in [3.05, 3.63) is 46.9 Å². The second-order valence-electron chi connectivity index (χ2n) is 5.00. The van der Waals surface area contributed by atoms with Crippen LogP contribution in [0.1, 0.15) is 40.9 Å². The van der Waals surface area contributed by atoms with Gasteiger partial charge in [0.1, 0.15) is 5.75 Å². The van der Waals surface area contributed by atoms with E-state index in [2.05, 4.69) is 9.97 Å². The highest BCUT2D eigenvalue weighted by atomic mass is 35.5. The highest BCUT2D eigenvalue weighted by Crippen LogP contribution is 2.39. The van der Waals surface area contributed by atoms with E-state index in [1.165, 1.54) is 24.5 Å². The fraction of sp³-hybridized carbons (Fsp3) is 0.308. The van der Waals surface area contributed by atoms with Gasteiger partial charge in [0.2, 0.25) is 15.8 Å². The van der Waals surface area contributed by atoms with E-state index >= 15 is 0 Å². The van der Waals surface area contributed by atoms with Gasteiger partial charge in [-0.05, 0) is 25.0 Å². The summed E-state index contributed by atoms with van der Waals surface area (Å²) in [5.74, 6) is -0.666. The number of aromatic nitrogens is 2. The zero-order chi connectivity index (χ0) is 15.7. The van der Waals surface area contributed by atoms with Gasteiger partial charge in [0.05, 0.1) is 16.9 Å². The van der Waals surface area contributed by atoms with Gasteiger partial charge in [-0.15, -0.1) is 0 Å². The molecule has 0 bridgehead atoms. The van der Waals surface area contributed by atoms with Gasteiger partial charge in [-0.3, -0.25) is 9.78 Å². The first-order valence-electron chi connectivity index (χ1n) is 6.54. The molecular weight excluding hydrogens is 330 g/mol. The van der Waals surface area contributed by atoms with E-state index in [1.54, 1.807) is 0 Å². The molecule has 1 N–H and O–H groups in total. The molecule has 0 unspecified atom stereocenters. The predicted octanol–water partition coefficient (Wildman–Crippen LogP) is 1.86. The average molecular weight is 342 g/mol. The largest absolute Gasteiger partial charge is 0.435 e. The van der Waals surface area contributed by atoms with Crippen LogP contribution in [0, 0.1) is 0 Å². The summed E-state index contributed by atoms with van der Waals surface area (Å²) in [6.07, 6.45) is 4.52. The molecule has 1 saturated carbocycles. The molecule has 0 spiro atoms. The Hall–Kier alpha value is -1.93. The van der Waals surface area contributed by atoms with Crippen LogP contribution in [0.2, 0.25) is 5.02 Å². The van der Waals surface area contributed by atoms with Crippen LogP contribution in [-0.2, 0) is 15.8 Å². The van der Waals surface area contributed by atoms with Crippen LogP contribution < -0.4 is 4.72 Å². The summed E-state index contributed by atoms with van der Waals surface area (Å²) in [5, 5.41) is 0.402. The van der Waals surface area contributed by atoms with Crippen molar-refractivity contribution in [2.45, 2.75) is 24.5 Å². The Labute approximate surface area is 131 Å². The van der Waals surface area contributed by atoms with Crippen LogP contribution in [0.25, 0.3) is 0 Å². The van der Waals surface area contributed by atoms with Crippen molar-refractivity contribution in [1.82, 2.24) is 14.7 Å². The number of amides is 1. The maximum atomic E-state index is 12.0. The number of nitrogens with zero attached hydrogens (tertiary/aromatic N) is 2. The standard InChI is InChI=1S/C13H12ClN3O4S/c14-9-3-4-10(15-5-9)7-22(19,20)17-12(18)11-6-16-13(21-11)8-1-2-8/h3-6,8H,1-2,7H2,(H,17,18). The van der Waals surface area contributed by atoms with Crippen LogP contribution >= 0.6 is 11.6 Å². The fourth-order valence-corrected chi connectivity index (χ4v) is 2.95. The lowest BCUT2D eigenvalue weighted by molar-refractivity contribution is 0.0952. The maximum absolute atomic E-state index is 12.0. The van der Waals surface area contributed by atoms with E-state index in [9.17, 15) is 13.2 Å². The number of sulfonamides is 1. The first kappa shape index (κ1) is 15.0. The van der Waals surface area contributed by atoms with Crippen LogP contribution in [0.15, 0.2) is 28.9 Å². The number of carbonyl (C=O) groups excluding carboxylic acids is 1. The monoisotopic (exact) mass is 341 g/mol. The minimum absolute atomic E-state index is 0.116. The molecule has 22 heavy (non-hydrogen) atoms. The summed E-state index contributed by atoms with van der Waals surface area (Å²) >= 11 is 5.68. The fourth-order valence-electron chi connectivity index (χ4n) is 1.83. The zero-order valence-corrected chi connectivity index (χ0v) is 12.9. The molecule has 0 radical (unpaired) electrons. The topological polar surface area (TPSA) is 102 Å². The third-order valence-electron chi connectivity index (χ3n) is 3.05. The van der Waals surface area contributed by atoms with Crippen LogP contribution in [0.5, 0.6) is 0 Å². The number of oxazole rings is 1. The molecule has 1 fully saturated rings. The summed E-state index contributed by atoms with van der Waals surface area (Å²) < 4.78 is 31.1. The van der Waals surface area contributed by atoms with Crippen molar-refractivity contribution in [2.75, 3.05) is 0 Å². The van der Waals surface area contributed by atoms with Crippen molar-refractivity contribution >= 4 is 27.5 Å². The number of pyridine rings is 1. The van der Waals surface area contributed by atoms with E-state index in [0.29, 0.717) is 10.9 Å². The van der Waals surface area contributed by atoms with E-state index in [0.717, 1.165) is 12.8 Å². The van der Waals surface area contributed by atoms with E-state index in [4.69, 9.17) is 16.0 Å². The molecule has 116 valence electrons. The van der Waals surface area contributed by atoms with Crippen molar-refractivity contribution in [3.63, 3.8) is 0 Å². The SMILES string of the molecule is O=C(NS(=O)(=O)Cc1ccc(Cl)cn1)c1cnc(C2CC2)o1. The number of carbonyl (C=O) groups is 1. The third-order valence-corrected chi connectivity index (χ3v) is 4.44. The highest BCUT2D eigenvalue weighted by Gasteiger charge is 2.30. The molecule has 1 aliphatic rings.